The molecule has 18 heavy (non-hydrogen) atoms. The zero-order valence-electron chi connectivity index (χ0n) is 9.58. The number of hydrogen-bond acceptors (Lipinski definition) is 3. The minimum Gasteiger partial charge on any atom is -0.457 e. The van der Waals surface area contributed by atoms with E-state index in [0.29, 0.717) is 11.5 Å². The van der Waals surface area contributed by atoms with Crippen molar-refractivity contribution in [2.24, 2.45) is 0 Å². The molecule has 0 saturated heterocycles. The van der Waals surface area contributed by atoms with Gasteiger partial charge >= 0.3 is 0 Å². The van der Waals surface area contributed by atoms with Gasteiger partial charge in [-0.1, -0.05) is 24.8 Å². The van der Waals surface area contributed by atoms with Crippen molar-refractivity contribution < 1.29 is 9.66 Å². The van der Waals surface area contributed by atoms with Gasteiger partial charge in [0.25, 0.3) is 5.69 Å². The molecular formula is C14H11NO3. The molecule has 0 atom stereocenters. The lowest BCUT2D eigenvalue weighted by Crippen LogP contribution is -1.88. The van der Waals surface area contributed by atoms with Crippen molar-refractivity contribution in [2.75, 3.05) is 0 Å². The highest BCUT2D eigenvalue weighted by Crippen LogP contribution is 2.24. The Balaban J connectivity index is 2.12. The van der Waals surface area contributed by atoms with Gasteiger partial charge in [0, 0.05) is 12.1 Å². The molecule has 0 aliphatic rings. The second-order valence-corrected chi connectivity index (χ2v) is 3.63. The average molecular weight is 241 g/mol. The van der Waals surface area contributed by atoms with Crippen LogP contribution in [0, 0.1) is 10.1 Å². The lowest BCUT2D eigenvalue weighted by Gasteiger charge is -2.05. The highest BCUT2D eigenvalue weighted by atomic mass is 16.6. The molecule has 0 fully saturated rings. The molecular weight excluding hydrogens is 230 g/mol. The lowest BCUT2D eigenvalue weighted by atomic mass is 10.2. The molecule has 0 aliphatic carbocycles. The third-order valence-corrected chi connectivity index (χ3v) is 2.40. The van der Waals surface area contributed by atoms with Gasteiger partial charge in [-0.3, -0.25) is 10.1 Å². The molecule has 2 aromatic carbocycles. The van der Waals surface area contributed by atoms with Crippen molar-refractivity contribution in [3.8, 4) is 11.5 Å². The van der Waals surface area contributed by atoms with Crippen LogP contribution in [0.2, 0.25) is 0 Å². The fourth-order valence-corrected chi connectivity index (χ4v) is 1.44. The minimum atomic E-state index is -0.442. The topological polar surface area (TPSA) is 52.4 Å². The molecule has 0 N–H and O–H groups in total. The molecule has 0 saturated carbocycles. The van der Waals surface area contributed by atoms with Crippen LogP contribution >= 0.6 is 0 Å². The van der Waals surface area contributed by atoms with E-state index in [1.165, 1.54) is 12.1 Å². The number of nitrogens with zero attached hydrogens (tertiary/aromatic N) is 1. The van der Waals surface area contributed by atoms with Gasteiger partial charge in [0.15, 0.2) is 0 Å². The second-order valence-electron chi connectivity index (χ2n) is 3.63. The number of benzene rings is 2. The number of ether oxygens (including phenoxy) is 1. The van der Waals surface area contributed by atoms with Crippen LogP contribution in [0.3, 0.4) is 0 Å². The predicted octanol–water partition coefficient (Wildman–Crippen LogP) is 4.03. The van der Waals surface area contributed by atoms with Gasteiger partial charge in [0.05, 0.1) is 4.92 Å². The normalized spacial score (nSPS) is 9.78. The van der Waals surface area contributed by atoms with Gasteiger partial charge in [-0.05, 0) is 29.8 Å². The third kappa shape index (κ3) is 2.74. The molecule has 0 aliphatic heterocycles. The van der Waals surface area contributed by atoms with Crippen LogP contribution in [0.4, 0.5) is 5.69 Å². The van der Waals surface area contributed by atoms with Crippen LogP contribution in [0.15, 0.2) is 55.1 Å². The Bertz CT molecular complexity index is 559. The van der Waals surface area contributed by atoms with E-state index in [9.17, 15) is 10.1 Å². The Morgan fingerprint density at radius 3 is 1.94 bits per heavy atom. The molecule has 2 rings (SSSR count). The highest BCUT2D eigenvalue weighted by molar-refractivity contribution is 5.49. The van der Waals surface area contributed by atoms with E-state index in [-0.39, 0.29) is 5.69 Å². The van der Waals surface area contributed by atoms with Crippen LogP contribution in [-0.2, 0) is 0 Å². The first-order chi connectivity index (χ1) is 8.69. The summed E-state index contributed by atoms with van der Waals surface area (Å²) in [7, 11) is 0. The molecule has 0 spiro atoms. The van der Waals surface area contributed by atoms with Crippen LogP contribution in [0.1, 0.15) is 5.56 Å². The Morgan fingerprint density at radius 2 is 1.50 bits per heavy atom. The van der Waals surface area contributed by atoms with Crippen molar-refractivity contribution in [2.45, 2.75) is 0 Å². The molecule has 90 valence electrons. The van der Waals surface area contributed by atoms with Crippen LogP contribution in [0.25, 0.3) is 6.08 Å². The molecule has 4 heteroatoms. The van der Waals surface area contributed by atoms with Crippen molar-refractivity contribution in [1.82, 2.24) is 0 Å². The summed E-state index contributed by atoms with van der Waals surface area (Å²) in [5, 5.41) is 10.5. The Kier molecular flexibility index (Phi) is 3.38. The first kappa shape index (κ1) is 11.9. The minimum absolute atomic E-state index is 0.0457. The first-order valence-electron chi connectivity index (χ1n) is 5.34. The van der Waals surface area contributed by atoms with Crippen molar-refractivity contribution in [3.63, 3.8) is 0 Å². The fourth-order valence-electron chi connectivity index (χ4n) is 1.44. The largest absolute Gasteiger partial charge is 0.457 e. The van der Waals surface area contributed by atoms with E-state index in [2.05, 4.69) is 6.58 Å². The van der Waals surface area contributed by atoms with Crippen molar-refractivity contribution >= 4 is 11.8 Å². The summed E-state index contributed by atoms with van der Waals surface area (Å²) in [6.07, 6.45) is 1.75. The summed E-state index contributed by atoms with van der Waals surface area (Å²) in [6.45, 7) is 3.67. The van der Waals surface area contributed by atoms with Crippen LogP contribution in [0.5, 0.6) is 11.5 Å². The molecule has 4 nitrogen and oxygen atoms in total. The predicted molar refractivity (Wildman–Crippen MR) is 69.7 cm³/mol. The molecule has 0 heterocycles. The van der Waals surface area contributed by atoms with E-state index in [1.54, 1.807) is 18.2 Å². The van der Waals surface area contributed by atoms with Gasteiger partial charge < -0.3 is 4.74 Å². The van der Waals surface area contributed by atoms with Gasteiger partial charge in [-0.15, -0.1) is 0 Å². The molecule has 0 aromatic heterocycles. The lowest BCUT2D eigenvalue weighted by molar-refractivity contribution is -0.384. The summed E-state index contributed by atoms with van der Waals surface area (Å²) in [4.78, 5) is 10.1. The Morgan fingerprint density at radius 1 is 1.00 bits per heavy atom. The maximum absolute atomic E-state index is 10.5. The number of hydrogen-bond donors (Lipinski definition) is 0. The van der Waals surface area contributed by atoms with Crippen LogP contribution in [-0.4, -0.2) is 4.92 Å². The van der Waals surface area contributed by atoms with Crippen molar-refractivity contribution in [3.05, 3.63) is 70.8 Å². The maximum atomic E-state index is 10.5. The van der Waals surface area contributed by atoms with E-state index < -0.39 is 4.92 Å². The summed E-state index contributed by atoms with van der Waals surface area (Å²) in [5.41, 5.74) is 1.05. The summed E-state index contributed by atoms with van der Waals surface area (Å²) in [6, 6.07) is 13.4. The smallest absolute Gasteiger partial charge is 0.269 e. The molecule has 0 radical (unpaired) electrons. The number of nitro groups is 1. The van der Waals surface area contributed by atoms with Crippen molar-refractivity contribution in [1.29, 1.82) is 0 Å². The standard InChI is InChI=1S/C14H11NO3/c1-2-11-3-7-13(8-4-11)18-14-9-5-12(6-10-14)15(16)17/h2-10H,1H2. The van der Waals surface area contributed by atoms with E-state index in [1.807, 2.05) is 24.3 Å². The van der Waals surface area contributed by atoms with E-state index in [0.717, 1.165) is 5.56 Å². The number of nitro benzene ring substituents is 1. The van der Waals surface area contributed by atoms with Gasteiger partial charge in [0.2, 0.25) is 0 Å². The van der Waals surface area contributed by atoms with Gasteiger partial charge in [-0.25, -0.2) is 0 Å². The van der Waals surface area contributed by atoms with Gasteiger partial charge in [0.1, 0.15) is 11.5 Å². The van der Waals surface area contributed by atoms with E-state index in [4.69, 9.17) is 4.74 Å². The molecule has 2 aromatic rings. The first-order valence-corrected chi connectivity index (χ1v) is 5.34. The zero-order chi connectivity index (χ0) is 13.0. The zero-order valence-corrected chi connectivity index (χ0v) is 9.58. The van der Waals surface area contributed by atoms with Gasteiger partial charge in [-0.2, -0.15) is 0 Å². The summed E-state index contributed by atoms with van der Waals surface area (Å²) in [5.74, 6) is 1.24. The molecule has 0 amide bonds. The monoisotopic (exact) mass is 241 g/mol. The Hall–Kier alpha value is -2.62. The fraction of sp³-hybridized carbons (Fsp3) is 0. The molecule has 0 unspecified atom stereocenters. The molecule has 0 bridgehead atoms. The van der Waals surface area contributed by atoms with Crippen LogP contribution < -0.4 is 4.74 Å². The summed E-state index contributed by atoms with van der Waals surface area (Å²) < 4.78 is 5.56. The highest BCUT2D eigenvalue weighted by Gasteiger charge is 2.04. The number of non-ortho nitro benzene ring substituents is 1. The number of rotatable bonds is 4. The maximum Gasteiger partial charge on any atom is 0.269 e. The quantitative estimate of drug-likeness (QED) is 0.599. The third-order valence-electron chi connectivity index (χ3n) is 2.40. The second kappa shape index (κ2) is 5.14. The Labute approximate surface area is 104 Å². The average Bonchev–Trinajstić information content (AvgIpc) is 2.40. The SMILES string of the molecule is C=Cc1ccc(Oc2ccc([N+](=O)[O-])cc2)cc1. The van der Waals surface area contributed by atoms with E-state index >= 15 is 0 Å². The summed E-state index contributed by atoms with van der Waals surface area (Å²) >= 11 is 0.